The molecule has 16 heavy (non-hydrogen) atoms. The van der Waals surface area contributed by atoms with E-state index in [1.54, 1.807) is 0 Å². The van der Waals surface area contributed by atoms with Crippen molar-refractivity contribution in [3.05, 3.63) is 35.4 Å². The molecule has 2 heteroatoms. The zero-order chi connectivity index (χ0) is 11.8. The highest BCUT2D eigenvalue weighted by atomic mass is 16.5. The summed E-state index contributed by atoms with van der Waals surface area (Å²) in [6.07, 6.45) is 1.36. The van der Waals surface area contributed by atoms with Gasteiger partial charge in [0.25, 0.3) is 0 Å². The highest BCUT2D eigenvalue weighted by Gasteiger charge is 1.99. The number of hydrogen-bond donors (Lipinski definition) is 1. The van der Waals surface area contributed by atoms with Gasteiger partial charge in [-0.05, 0) is 31.0 Å². The van der Waals surface area contributed by atoms with Crippen LogP contribution in [0.1, 0.15) is 31.4 Å². The summed E-state index contributed by atoms with van der Waals surface area (Å²) in [4.78, 5) is 0. The Hall–Kier alpha value is -1.30. The normalized spacial score (nSPS) is 11.7. The number of rotatable bonds is 4. The Morgan fingerprint density at radius 2 is 2.00 bits per heavy atom. The Morgan fingerprint density at radius 1 is 1.31 bits per heavy atom. The second-order valence-electron chi connectivity index (χ2n) is 3.73. The van der Waals surface area contributed by atoms with Gasteiger partial charge in [-0.15, -0.1) is 0 Å². The summed E-state index contributed by atoms with van der Waals surface area (Å²) in [5.41, 5.74) is 7.49. The molecule has 1 aromatic carbocycles. The largest absolute Gasteiger partial charge is 0.374 e. The SMILES string of the molecule is CCC(C)OCc1ccc(C#CCN)cc1. The van der Waals surface area contributed by atoms with Gasteiger partial charge in [0, 0.05) is 5.56 Å². The summed E-state index contributed by atoms with van der Waals surface area (Å²) >= 11 is 0. The second-order valence-corrected chi connectivity index (χ2v) is 3.73. The fraction of sp³-hybridized carbons (Fsp3) is 0.429. The van der Waals surface area contributed by atoms with Crippen molar-refractivity contribution in [1.82, 2.24) is 0 Å². The highest BCUT2D eigenvalue weighted by molar-refractivity contribution is 5.36. The molecule has 2 nitrogen and oxygen atoms in total. The first-order chi connectivity index (χ1) is 7.76. The van der Waals surface area contributed by atoms with E-state index >= 15 is 0 Å². The summed E-state index contributed by atoms with van der Waals surface area (Å²) in [6.45, 7) is 5.27. The van der Waals surface area contributed by atoms with E-state index in [2.05, 4.69) is 25.7 Å². The molecule has 0 aliphatic rings. The zero-order valence-electron chi connectivity index (χ0n) is 9.99. The second kappa shape index (κ2) is 7.05. The molecule has 0 radical (unpaired) electrons. The van der Waals surface area contributed by atoms with Crippen molar-refractivity contribution in [3.63, 3.8) is 0 Å². The maximum atomic E-state index is 5.64. The van der Waals surface area contributed by atoms with Crippen LogP contribution >= 0.6 is 0 Å². The van der Waals surface area contributed by atoms with Crippen molar-refractivity contribution in [2.24, 2.45) is 5.73 Å². The molecule has 0 bridgehead atoms. The Labute approximate surface area is 97.8 Å². The van der Waals surface area contributed by atoms with Gasteiger partial charge in [0.05, 0.1) is 19.3 Å². The van der Waals surface area contributed by atoms with Crippen LogP contribution in [-0.4, -0.2) is 12.6 Å². The highest BCUT2D eigenvalue weighted by Crippen LogP contribution is 2.07. The van der Waals surface area contributed by atoms with Gasteiger partial charge >= 0.3 is 0 Å². The number of nitrogens with two attached hydrogens (primary N) is 1. The fourth-order valence-corrected chi connectivity index (χ4v) is 1.19. The lowest BCUT2D eigenvalue weighted by Crippen LogP contribution is -2.05. The van der Waals surface area contributed by atoms with E-state index in [1.165, 1.54) is 5.56 Å². The molecular formula is C14H19NO. The van der Waals surface area contributed by atoms with E-state index in [0.29, 0.717) is 19.3 Å². The smallest absolute Gasteiger partial charge is 0.0720 e. The lowest BCUT2D eigenvalue weighted by molar-refractivity contribution is 0.0508. The van der Waals surface area contributed by atoms with Crippen LogP contribution in [0, 0.1) is 11.8 Å². The molecule has 1 unspecified atom stereocenters. The van der Waals surface area contributed by atoms with E-state index < -0.39 is 0 Å². The van der Waals surface area contributed by atoms with E-state index in [1.807, 2.05) is 24.3 Å². The van der Waals surface area contributed by atoms with Crippen LogP contribution in [0.15, 0.2) is 24.3 Å². The first-order valence-electron chi connectivity index (χ1n) is 5.65. The minimum Gasteiger partial charge on any atom is -0.374 e. The predicted octanol–water partition coefficient (Wildman–Crippen LogP) is 2.31. The van der Waals surface area contributed by atoms with Crippen molar-refractivity contribution in [3.8, 4) is 11.8 Å². The molecule has 2 N–H and O–H groups in total. The summed E-state index contributed by atoms with van der Waals surface area (Å²) in [7, 11) is 0. The molecule has 1 atom stereocenters. The summed E-state index contributed by atoms with van der Waals surface area (Å²) < 4.78 is 5.64. The Balaban J connectivity index is 2.51. The predicted molar refractivity (Wildman–Crippen MR) is 66.9 cm³/mol. The van der Waals surface area contributed by atoms with Crippen LogP contribution in [0.3, 0.4) is 0 Å². The molecule has 0 spiro atoms. The van der Waals surface area contributed by atoms with E-state index in [4.69, 9.17) is 10.5 Å². The molecule has 0 saturated carbocycles. The first-order valence-corrected chi connectivity index (χ1v) is 5.65. The maximum absolute atomic E-state index is 5.64. The van der Waals surface area contributed by atoms with E-state index in [-0.39, 0.29) is 0 Å². The average molecular weight is 217 g/mol. The molecule has 1 aromatic rings. The topological polar surface area (TPSA) is 35.2 Å². The lowest BCUT2D eigenvalue weighted by Gasteiger charge is -2.10. The van der Waals surface area contributed by atoms with Crippen LogP contribution in [0.5, 0.6) is 0 Å². The van der Waals surface area contributed by atoms with E-state index in [9.17, 15) is 0 Å². The average Bonchev–Trinajstić information content (AvgIpc) is 2.34. The van der Waals surface area contributed by atoms with E-state index in [0.717, 1.165) is 12.0 Å². The van der Waals surface area contributed by atoms with Gasteiger partial charge in [0.1, 0.15) is 0 Å². The van der Waals surface area contributed by atoms with Gasteiger partial charge in [0.15, 0.2) is 0 Å². The minimum atomic E-state index is 0.316. The van der Waals surface area contributed by atoms with Gasteiger partial charge in [-0.3, -0.25) is 0 Å². The molecular weight excluding hydrogens is 198 g/mol. The first kappa shape index (κ1) is 12.8. The van der Waals surface area contributed by atoms with Gasteiger partial charge in [0.2, 0.25) is 0 Å². The monoisotopic (exact) mass is 217 g/mol. The number of ether oxygens (including phenoxy) is 1. The third-order valence-electron chi connectivity index (χ3n) is 2.40. The molecule has 0 fully saturated rings. The molecule has 86 valence electrons. The zero-order valence-corrected chi connectivity index (χ0v) is 9.99. The van der Waals surface area contributed by atoms with Crippen LogP contribution in [0.25, 0.3) is 0 Å². The third kappa shape index (κ3) is 4.48. The van der Waals surface area contributed by atoms with Crippen LogP contribution < -0.4 is 5.73 Å². The Bertz CT molecular complexity index is 359. The van der Waals surface area contributed by atoms with Gasteiger partial charge in [-0.1, -0.05) is 30.9 Å². The molecule has 0 aromatic heterocycles. The fourth-order valence-electron chi connectivity index (χ4n) is 1.19. The molecule has 0 saturated heterocycles. The lowest BCUT2D eigenvalue weighted by atomic mass is 10.1. The quantitative estimate of drug-likeness (QED) is 0.785. The molecule has 1 rings (SSSR count). The van der Waals surface area contributed by atoms with Crippen molar-refractivity contribution < 1.29 is 4.74 Å². The van der Waals surface area contributed by atoms with Crippen molar-refractivity contribution in [1.29, 1.82) is 0 Å². The standard InChI is InChI=1S/C14H19NO/c1-3-12(2)16-11-14-8-6-13(7-9-14)5-4-10-15/h6-9,12H,3,10-11,15H2,1-2H3. The molecule has 0 aliphatic heterocycles. The maximum Gasteiger partial charge on any atom is 0.0720 e. The summed E-state index contributed by atoms with van der Waals surface area (Å²) in [5, 5.41) is 0. The van der Waals surface area contributed by atoms with Crippen molar-refractivity contribution >= 4 is 0 Å². The van der Waals surface area contributed by atoms with Crippen LogP contribution in [0.2, 0.25) is 0 Å². The summed E-state index contributed by atoms with van der Waals surface area (Å²) in [6, 6.07) is 8.09. The van der Waals surface area contributed by atoms with Crippen LogP contribution in [0.4, 0.5) is 0 Å². The van der Waals surface area contributed by atoms with Gasteiger partial charge in [-0.25, -0.2) is 0 Å². The number of benzene rings is 1. The molecule has 0 heterocycles. The summed E-state index contributed by atoms with van der Waals surface area (Å²) in [5.74, 6) is 5.82. The molecule has 0 aliphatic carbocycles. The van der Waals surface area contributed by atoms with Crippen molar-refractivity contribution in [2.45, 2.75) is 33.0 Å². The number of hydrogen-bond acceptors (Lipinski definition) is 2. The minimum absolute atomic E-state index is 0.316. The van der Waals surface area contributed by atoms with Gasteiger partial charge < -0.3 is 10.5 Å². The van der Waals surface area contributed by atoms with Gasteiger partial charge in [-0.2, -0.15) is 0 Å². The molecule has 0 amide bonds. The Kier molecular flexibility index (Phi) is 5.63. The third-order valence-corrected chi connectivity index (χ3v) is 2.40. The Morgan fingerprint density at radius 3 is 2.56 bits per heavy atom. The van der Waals surface area contributed by atoms with Crippen LogP contribution in [-0.2, 0) is 11.3 Å². The van der Waals surface area contributed by atoms with Crippen molar-refractivity contribution in [2.75, 3.05) is 6.54 Å².